The third-order valence-corrected chi connectivity index (χ3v) is 2.82. The van der Waals surface area contributed by atoms with Crippen LogP contribution in [-0.4, -0.2) is 19.2 Å². The van der Waals surface area contributed by atoms with Gasteiger partial charge >= 0.3 is 0 Å². The molecule has 1 aliphatic rings. The quantitative estimate of drug-likeness (QED) is 0.749. The van der Waals surface area contributed by atoms with Gasteiger partial charge in [0.05, 0.1) is 18.3 Å². The Balaban J connectivity index is 2.00. The molecule has 0 aliphatic carbocycles. The van der Waals surface area contributed by atoms with E-state index in [0.29, 0.717) is 13.1 Å². The molecule has 1 radical (unpaired) electrons. The molecule has 5 heteroatoms. The Kier molecular flexibility index (Phi) is 4.02. The highest BCUT2D eigenvalue weighted by molar-refractivity contribution is 5.20. The largest absolute Gasteiger partial charge is 0.373 e. The van der Waals surface area contributed by atoms with Gasteiger partial charge in [0.25, 0.3) is 0 Å². The highest BCUT2D eigenvalue weighted by Gasteiger charge is 2.18. The van der Waals surface area contributed by atoms with Gasteiger partial charge in [-0.3, -0.25) is 0 Å². The minimum Gasteiger partial charge on any atom is -0.373 e. The number of benzene rings is 1. The smallest absolute Gasteiger partial charge is 0.167 e. The Morgan fingerprint density at radius 3 is 2.47 bits per heavy atom. The molecular formula is C12H13F3NO. The molecule has 0 spiro atoms. The summed E-state index contributed by atoms with van der Waals surface area (Å²) in [5.41, 5.74) is -0.340. The van der Waals surface area contributed by atoms with Crippen molar-refractivity contribution < 1.29 is 17.9 Å². The molecule has 0 bridgehead atoms. The summed E-state index contributed by atoms with van der Waals surface area (Å²) < 4.78 is 44.9. The zero-order valence-electron chi connectivity index (χ0n) is 9.26. The first-order valence-electron chi connectivity index (χ1n) is 5.55. The maximum atomic E-state index is 13.3. The van der Waals surface area contributed by atoms with Crippen LogP contribution in [0.4, 0.5) is 13.2 Å². The first-order valence-corrected chi connectivity index (χ1v) is 5.55. The van der Waals surface area contributed by atoms with E-state index >= 15 is 0 Å². The van der Waals surface area contributed by atoms with Gasteiger partial charge in [0, 0.05) is 13.1 Å². The molecule has 2 nitrogen and oxygen atoms in total. The molecule has 0 N–H and O–H groups in total. The molecule has 17 heavy (non-hydrogen) atoms. The highest BCUT2D eigenvalue weighted by Crippen LogP contribution is 2.19. The van der Waals surface area contributed by atoms with Gasteiger partial charge in [-0.25, -0.2) is 18.5 Å². The van der Waals surface area contributed by atoms with Crippen molar-refractivity contribution in [2.45, 2.75) is 25.6 Å². The average Bonchev–Trinajstić information content (AvgIpc) is 2.35. The molecule has 1 saturated heterocycles. The van der Waals surface area contributed by atoms with Gasteiger partial charge in [0.15, 0.2) is 11.6 Å². The zero-order valence-corrected chi connectivity index (χ0v) is 9.26. The molecular weight excluding hydrogens is 231 g/mol. The maximum Gasteiger partial charge on any atom is 0.167 e. The Labute approximate surface area is 97.8 Å². The van der Waals surface area contributed by atoms with Gasteiger partial charge in [-0.05, 0) is 25.0 Å². The van der Waals surface area contributed by atoms with Gasteiger partial charge < -0.3 is 4.74 Å². The topological polar surface area (TPSA) is 23.3 Å². The molecule has 0 amide bonds. The number of halogens is 3. The molecule has 1 aromatic carbocycles. The summed E-state index contributed by atoms with van der Waals surface area (Å²) in [5, 5.41) is 4.14. The molecule has 93 valence electrons. The van der Waals surface area contributed by atoms with Crippen LogP contribution in [0, 0.1) is 17.5 Å². The summed E-state index contributed by atoms with van der Waals surface area (Å²) in [6.45, 7) is 1.18. The lowest BCUT2D eigenvalue weighted by atomic mass is 10.1. The van der Waals surface area contributed by atoms with Crippen LogP contribution < -0.4 is 5.32 Å². The van der Waals surface area contributed by atoms with E-state index in [1.807, 2.05) is 0 Å². The molecule has 1 fully saturated rings. The molecule has 0 atom stereocenters. The van der Waals surface area contributed by atoms with Gasteiger partial charge in [-0.2, -0.15) is 0 Å². The van der Waals surface area contributed by atoms with E-state index in [4.69, 9.17) is 4.74 Å². The van der Waals surface area contributed by atoms with Gasteiger partial charge in [-0.15, -0.1) is 0 Å². The normalized spacial score (nSPS) is 17.4. The fourth-order valence-corrected chi connectivity index (χ4v) is 1.80. The zero-order chi connectivity index (χ0) is 12.3. The lowest BCUT2D eigenvalue weighted by molar-refractivity contribution is 0.0177. The molecule has 0 saturated carbocycles. The summed E-state index contributed by atoms with van der Waals surface area (Å²) in [7, 11) is 0. The van der Waals surface area contributed by atoms with Crippen molar-refractivity contribution in [3.8, 4) is 0 Å². The SMILES string of the molecule is Fc1ccc(F)c(COC2CC[N]CC2)c1F. The predicted molar refractivity (Wildman–Crippen MR) is 56.0 cm³/mol. The Hall–Kier alpha value is -1.07. The number of rotatable bonds is 3. The molecule has 0 aromatic heterocycles. The van der Waals surface area contributed by atoms with Crippen LogP contribution in [0.5, 0.6) is 0 Å². The van der Waals surface area contributed by atoms with Crippen LogP contribution in [0.2, 0.25) is 0 Å². The second kappa shape index (κ2) is 5.51. The van der Waals surface area contributed by atoms with Crippen LogP contribution in [0.25, 0.3) is 0 Å². The van der Waals surface area contributed by atoms with Gasteiger partial charge in [0.2, 0.25) is 0 Å². The number of hydrogen-bond donors (Lipinski definition) is 0. The number of piperidine rings is 1. The van der Waals surface area contributed by atoms with Crippen molar-refractivity contribution in [1.29, 1.82) is 0 Å². The van der Waals surface area contributed by atoms with Crippen LogP contribution >= 0.6 is 0 Å². The van der Waals surface area contributed by atoms with E-state index < -0.39 is 17.5 Å². The van der Waals surface area contributed by atoms with Gasteiger partial charge in [-0.1, -0.05) is 0 Å². The fraction of sp³-hybridized carbons (Fsp3) is 0.500. The van der Waals surface area contributed by atoms with E-state index in [-0.39, 0.29) is 18.3 Å². The lowest BCUT2D eigenvalue weighted by Gasteiger charge is -2.22. The summed E-state index contributed by atoms with van der Waals surface area (Å²) in [5.74, 6) is -2.99. The monoisotopic (exact) mass is 244 g/mol. The Morgan fingerprint density at radius 1 is 1.12 bits per heavy atom. The summed E-state index contributed by atoms with van der Waals surface area (Å²) in [4.78, 5) is 0. The lowest BCUT2D eigenvalue weighted by Crippen LogP contribution is -2.28. The summed E-state index contributed by atoms with van der Waals surface area (Å²) in [6.07, 6.45) is 1.45. The molecule has 0 unspecified atom stereocenters. The van der Waals surface area contributed by atoms with Crippen LogP contribution in [0.3, 0.4) is 0 Å². The first kappa shape index (κ1) is 12.4. The Morgan fingerprint density at radius 2 is 1.76 bits per heavy atom. The molecule has 2 rings (SSSR count). The van der Waals surface area contributed by atoms with E-state index in [0.717, 1.165) is 25.0 Å². The second-order valence-electron chi connectivity index (χ2n) is 4.00. The predicted octanol–water partition coefficient (Wildman–Crippen LogP) is 2.39. The molecule has 1 heterocycles. The van der Waals surface area contributed by atoms with E-state index in [1.165, 1.54) is 0 Å². The minimum absolute atomic E-state index is 0.0467. The Bertz CT molecular complexity index is 392. The van der Waals surface area contributed by atoms with Crippen molar-refractivity contribution in [3.05, 3.63) is 35.1 Å². The molecule has 1 aromatic rings. The van der Waals surface area contributed by atoms with Crippen molar-refractivity contribution in [2.24, 2.45) is 0 Å². The highest BCUT2D eigenvalue weighted by atomic mass is 19.2. The second-order valence-corrected chi connectivity index (χ2v) is 4.00. The average molecular weight is 244 g/mol. The fourth-order valence-electron chi connectivity index (χ4n) is 1.80. The van der Waals surface area contributed by atoms with Crippen LogP contribution in [0.1, 0.15) is 18.4 Å². The summed E-state index contributed by atoms with van der Waals surface area (Å²) >= 11 is 0. The third-order valence-electron chi connectivity index (χ3n) is 2.82. The minimum atomic E-state index is -1.16. The van der Waals surface area contributed by atoms with E-state index in [1.54, 1.807) is 0 Å². The first-order chi connectivity index (χ1) is 8.18. The van der Waals surface area contributed by atoms with Gasteiger partial charge in [0.1, 0.15) is 5.82 Å². The number of hydrogen-bond acceptors (Lipinski definition) is 1. The standard InChI is InChI=1S/C12H13F3NO/c13-10-1-2-11(14)12(15)9(10)7-17-8-3-5-16-6-4-8/h1-2,8H,3-7H2. The van der Waals surface area contributed by atoms with Crippen LogP contribution in [-0.2, 0) is 11.3 Å². The van der Waals surface area contributed by atoms with E-state index in [2.05, 4.69) is 5.32 Å². The number of nitrogens with zero attached hydrogens (tertiary/aromatic N) is 1. The third kappa shape index (κ3) is 2.98. The number of ether oxygens (including phenoxy) is 1. The van der Waals surface area contributed by atoms with Crippen molar-refractivity contribution in [1.82, 2.24) is 5.32 Å². The maximum absolute atomic E-state index is 13.3. The van der Waals surface area contributed by atoms with E-state index in [9.17, 15) is 13.2 Å². The van der Waals surface area contributed by atoms with Crippen molar-refractivity contribution >= 4 is 0 Å². The summed E-state index contributed by atoms with van der Waals surface area (Å²) in [6, 6.07) is 1.68. The van der Waals surface area contributed by atoms with Crippen molar-refractivity contribution in [3.63, 3.8) is 0 Å². The van der Waals surface area contributed by atoms with Crippen LogP contribution in [0.15, 0.2) is 12.1 Å². The van der Waals surface area contributed by atoms with Crippen molar-refractivity contribution in [2.75, 3.05) is 13.1 Å². The molecule has 1 aliphatic heterocycles.